The third kappa shape index (κ3) is 4.26. The molecule has 1 aliphatic rings. The van der Waals surface area contributed by atoms with Gasteiger partial charge in [0.05, 0.1) is 17.9 Å². The van der Waals surface area contributed by atoms with E-state index in [1.165, 1.54) is 4.90 Å². The number of aromatic nitrogens is 2. The van der Waals surface area contributed by atoms with Gasteiger partial charge in [0.15, 0.2) is 0 Å². The van der Waals surface area contributed by atoms with Crippen LogP contribution < -0.4 is 5.32 Å². The van der Waals surface area contributed by atoms with E-state index in [0.29, 0.717) is 5.02 Å². The summed E-state index contributed by atoms with van der Waals surface area (Å²) in [6, 6.07) is 15.7. The van der Waals surface area contributed by atoms with E-state index in [2.05, 4.69) is 10.4 Å². The molecule has 1 aromatic heterocycles. The highest BCUT2D eigenvalue weighted by Gasteiger charge is 2.21. The molecule has 1 atom stereocenters. The molecule has 3 aromatic rings. The molecule has 136 valence electrons. The van der Waals surface area contributed by atoms with Crippen molar-refractivity contribution in [2.24, 2.45) is 0 Å². The average molecular weight is 396 g/mol. The summed E-state index contributed by atoms with van der Waals surface area (Å²) in [6.45, 7) is 0. The average Bonchev–Trinajstić information content (AvgIpc) is 3.17. The Bertz CT molecular complexity index is 984. The van der Waals surface area contributed by atoms with Gasteiger partial charge in [-0.2, -0.15) is 5.10 Å². The maximum absolute atomic E-state index is 12.4. The second kappa shape index (κ2) is 8.03. The predicted octanol–water partition coefficient (Wildman–Crippen LogP) is 4.89. The topological polar surface area (TPSA) is 46.9 Å². The Balaban J connectivity index is 1.43. The minimum absolute atomic E-state index is 0.0101. The van der Waals surface area contributed by atoms with Gasteiger partial charge < -0.3 is 5.32 Å². The van der Waals surface area contributed by atoms with Crippen molar-refractivity contribution in [3.05, 3.63) is 83.2 Å². The highest BCUT2D eigenvalue weighted by Crippen LogP contribution is 2.37. The van der Waals surface area contributed by atoms with Crippen LogP contribution in [0.25, 0.3) is 11.8 Å². The molecule has 4 nitrogen and oxygen atoms in total. The van der Waals surface area contributed by atoms with Crippen LogP contribution in [0, 0.1) is 0 Å². The van der Waals surface area contributed by atoms with E-state index in [1.54, 1.807) is 34.8 Å². The molecule has 0 saturated carbocycles. The number of nitrogens with zero attached hydrogens (tertiary/aromatic N) is 2. The Hall–Kier alpha value is -2.50. The second-order valence-corrected chi connectivity index (χ2v) is 7.84. The van der Waals surface area contributed by atoms with Crippen molar-refractivity contribution in [2.75, 3.05) is 5.75 Å². The summed E-state index contributed by atoms with van der Waals surface area (Å²) in [6.07, 6.45) is 7.86. The third-order valence-corrected chi connectivity index (χ3v) is 5.74. The molecule has 0 bridgehead atoms. The summed E-state index contributed by atoms with van der Waals surface area (Å²) >= 11 is 7.93. The van der Waals surface area contributed by atoms with E-state index in [1.807, 2.05) is 54.7 Å². The second-order valence-electron chi connectivity index (χ2n) is 6.27. The Morgan fingerprint density at radius 2 is 2.11 bits per heavy atom. The van der Waals surface area contributed by atoms with E-state index < -0.39 is 0 Å². The highest BCUT2D eigenvalue weighted by molar-refractivity contribution is 7.99. The van der Waals surface area contributed by atoms with Gasteiger partial charge in [-0.15, -0.1) is 11.8 Å². The third-order valence-electron chi connectivity index (χ3n) is 4.38. The number of benzene rings is 2. The van der Waals surface area contributed by atoms with Gasteiger partial charge in [0.25, 0.3) is 0 Å². The lowest BCUT2D eigenvalue weighted by molar-refractivity contribution is -0.117. The van der Waals surface area contributed by atoms with Crippen LogP contribution in [0.2, 0.25) is 5.02 Å². The summed E-state index contributed by atoms with van der Waals surface area (Å²) in [5.74, 6) is 0.859. The van der Waals surface area contributed by atoms with Crippen molar-refractivity contribution in [3.63, 3.8) is 0 Å². The highest BCUT2D eigenvalue weighted by atomic mass is 35.5. The molecule has 1 amide bonds. The van der Waals surface area contributed by atoms with Crippen LogP contribution in [0.5, 0.6) is 0 Å². The van der Waals surface area contributed by atoms with Crippen molar-refractivity contribution in [1.82, 2.24) is 15.1 Å². The number of halogens is 1. The van der Waals surface area contributed by atoms with Crippen LogP contribution in [-0.4, -0.2) is 21.4 Å². The van der Waals surface area contributed by atoms with Gasteiger partial charge in [-0.1, -0.05) is 29.8 Å². The monoisotopic (exact) mass is 395 g/mol. The summed E-state index contributed by atoms with van der Waals surface area (Å²) in [5.41, 5.74) is 2.95. The molecule has 0 radical (unpaired) electrons. The zero-order valence-corrected chi connectivity index (χ0v) is 16.1. The molecule has 1 N–H and O–H groups in total. The number of rotatable bonds is 4. The maximum Gasteiger partial charge on any atom is 0.244 e. The largest absolute Gasteiger partial charge is 0.346 e. The van der Waals surface area contributed by atoms with E-state index in [9.17, 15) is 4.79 Å². The van der Waals surface area contributed by atoms with Crippen LogP contribution in [0.15, 0.2) is 71.9 Å². The number of carbonyl (C=O) groups is 1. The first-order valence-electron chi connectivity index (χ1n) is 8.70. The van der Waals surface area contributed by atoms with Gasteiger partial charge >= 0.3 is 0 Å². The molecular formula is C21H18ClN3OS. The normalized spacial score (nSPS) is 16.3. The van der Waals surface area contributed by atoms with Crippen LogP contribution in [0.4, 0.5) is 0 Å². The molecule has 0 saturated heterocycles. The maximum atomic E-state index is 12.4. The van der Waals surface area contributed by atoms with E-state index in [0.717, 1.165) is 29.0 Å². The number of hydrogen-bond donors (Lipinski definition) is 1. The molecule has 0 fully saturated rings. The Labute approximate surface area is 167 Å². The van der Waals surface area contributed by atoms with Crippen LogP contribution in [-0.2, 0) is 4.79 Å². The van der Waals surface area contributed by atoms with Crippen LogP contribution >= 0.6 is 23.4 Å². The molecule has 0 aliphatic carbocycles. The van der Waals surface area contributed by atoms with Crippen molar-refractivity contribution in [2.45, 2.75) is 17.4 Å². The van der Waals surface area contributed by atoms with Crippen molar-refractivity contribution >= 4 is 35.3 Å². The van der Waals surface area contributed by atoms with Gasteiger partial charge in [0.1, 0.15) is 0 Å². The minimum Gasteiger partial charge on any atom is -0.346 e. The summed E-state index contributed by atoms with van der Waals surface area (Å²) in [4.78, 5) is 13.6. The number of carbonyl (C=O) groups excluding carboxylic acids is 1. The lowest BCUT2D eigenvalue weighted by Crippen LogP contribution is -2.29. The molecule has 2 aromatic carbocycles. The molecule has 27 heavy (non-hydrogen) atoms. The summed E-state index contributed by atoms with van der Waals surface area (Å²) in [7, 11) is 0. The van der Waals surface area contributed by atoms with Gasteiger partial charge in [0.2, 0.25) is 5.91 Å². The van der Waals surface area contributed by atoms with E-state index >= 15 is 0 Å². The van der Waals surface area contributed by atoms with Crippen molar-refractivity contribution in [3.8, 4) is 5.69 Å². The lowest BCUT2D eigenvalue weighted by atomic mass is 10.0. The number of fused-ring (bicyclic) bond motifs is 1. The smallest absolute Gasteiger partial charge is 0.244 e. The fraction of sp³-hybridized carbons (Fsp3) is 0.143. The van der Waals surface area contributed by atoms with Gasteiger partial charge in [0, 0.05) is 33.5 Å². The zero-order valence-electron chi connectivity index (χ0n) is 14.5. The Kier molecular flexibility index (Phi) is 5.32. The number of thioether (sulfide) groups is 1. The number of para-hydroxylation sites is 1. The molecule has 6 heteroatoms. The summed E-state index contributed by atoms with van der Waals surface area (Å²) in [5, 5.41) is 8.12. The molecule has 4 rings (SSSR count). The fourth-order valence-corrected chi connectivity index (χ4v) is 4.34. The van der Waals surface area contributed by atoms with Crippen molar-refractivity contribution in [1.29, 1.82) is 0 Å². The van der Waals surface area contributed by atoms with E-state index in [-0.39, 0.29) is 11.9 Å². The predicted molar refractivity (Wildman–Crippen MR) is 110 cm³/mol. The SMILES string of the molecule is O=C(/C=C/c1cnn(-c2ccccc2)c1)NC1CCSc2ccc(Cl)cc21. The van der Waals surface area contributed by atoms with Gasteiger partial charge in [-0.25, -0.2) is 4.68 Å². The van der Waals surface area contributed by atoms with E-state index in [4.69, 9.17) is 11.6 Å². The quantitative estimate of drug-likeness (QED) is 0.639. The molecular weight excluding hydrogens is 378 g/mol. The zero-order chi connectivity index (χ0) is 18.6. The van der Waals surface area contributed by atoms with Crippen molar-refractivity contribution < 1.29 is 4.79 Å². The minimum atomic E-state index is -0.120. The number of nitrogens with one attached hydrogen (secondary N) is 1. The Morgan fingerprint density at radius 3 is 2.96 bits per heavy atom. The lowest BCUT2D eigenvalue weighted by Gasteiger charge is -2.25. The molecule has 0 spiro atoms. The van der Waals surface area contributed by atoms with Crippen LogP contribution in [0.1, 0.15) is 23.6 Å². The first kappa shape index (κ1) is 17.9. The number of hydrogen-bond acceptors (Lipinski definition) is 3. The van der Waals surface area contributed by atoms with Gasteiger partial charge in [-0.3, -0.25) is 4.79 Å². The fourth-order valence-electron chi connectivity index (χ4n) is 3.05. The molecule has 2 heterocycles. The summed E-state index contributed by atoms with van der Waals surface area (Å²) < 4.78 is 1.79. The van der Waals surface area contributed by atoms with Crippen LogP contribution in [0.3, 0.4) is 0 Å². The first-order chi connectivity index (χ1) is 13.2. The Morgan fingerprint density at radius 1 is 1.26 bits per heavy atom. The van der Waals surface area contributed by atoms with Gasteiger partial charge in [-0.05, 0) is 48.4 Å². The molecule has 1 unspecified atom stereocenters. The molecule has 1 aliphatic heterocycles. The number of amides is 1. The standard InChI is InChI=1S/C21H18ClN3OS/c22-16-7-8-20-18(12-16)19(10-11-27-20)24-21(26)9-6-15-13-23-25(14-15)17-4-2-1-3-5-17/h1-9,12-14,19H,10-11H2,(H,24,26)/b9-6+. The first-order valence-corrected chi connectivity index (χ1v) is 10.1.